The number of aryl methyl sites for hydroxylation is 2. The third-order valence-corrected chi connectivity index (χ3v) is 3.45. The van der Waals surface area contributed by atoms with Crippen LogP contribution in [0.3, 0.4) is 0 Å². The third kappa shape index (κ3) is 4.88. The SMILES string of the molecule is Cc1cccc(CCC(C)NCc2ccccc2)c1. The van der Waals surface area contributed by atoms with Crippen LogP contribution in [0, 0.1) is 6.92 Å². The molecule has 1 atom stereocenters. The fourth-order valence-electron chi connectivity index (χ4n) is 2.24. The highest BCUT2D eigenvalue weighted by Crippen LogP contribution is 2.08. The first-order valence-electron chi connectivity index (χ1n) is 7.07. The Morgan fingerprint density at radius 1 is 0.947 bits per heavy atom. The first kappa shape index (κ1) is 13.8. The van der Waals surface area contributed by atoms with Crippen LogP contribution in [0.4, 0.5) is 0 Å². The molecule has 2 rings (SSSR count). The zero-order valence-corrected chi connectivity index (χ0v) is 11.9. The summed E-state index contributed by atoms with van der Waals surface area (Å²) in [5.41, 5.74) is 4.14. The summed E-state index contributed by atoms with van der Waals surface area (Å²) < 4.78 is 0. The summed E-state index contributed by atoms with van der Waals surface area (Å²) in [7, 11) is 0. The minimum Gasteiger partial charge on any atom is -0.310 e. The Hall–Kier alpha value is -1.60. The van der Waals surface area contributed by atoms with Gasteiger partial charge in [-0.05, 0) is 37.8 Å². The minimum absolute atomic E-state index is 0.542. The van der Waals surface area contributed by atoms with Gasteiger partial charge in [0.15, 0.2) is 0 Å². The molecule has 0 fully saturated rings. The molecule has 2 aromatic rings. The Morgan fingerprint density at radius 3 is 2.42 bits per heavy atom. The average Bonchev–Trinajstić information content (AvgIpc) is 2.44. The highest BCUT2D eigenvalue weighted by molar-refractivity contribution is 5.22. The molecule has 1 unspecified atom stereocenters. The van der Waals surface area contributed by atoms with Crippen molar-refractivity contribution in [2.75, 3.05) is 0 Å². The smallest absolute Gasteiger partial charge is 0.0207 e. The zero-order valence-electron chi connectivity index (χ0n) is 11.9. The molecule has 0 aliphatic heterocycles. The van der Waals surface area contributed by atoms with Crippen molar-refractivity contribution < 1.29 is 0 Å². The molecule has 19 heavy (non-hydrogen) atoms. The summed E-state index contributed by atoms with van der Waals surface area (Å²) >= 11 is 0. The van der Waals surface area contributed by atoms with Crippen LogP contribution in [0.1, 0.15) is 30.0 Å². The normalized spacial score (nSPS) is 12.3. The van der Waals surface area contributed by atoms with Gasteiger partial charge in [0, 0.05) is 12.6 Å². The molecule has 0 spiro atoms. The summed E-state index contributed by atoms with van der Waals surface area (Å²) in [5, 5.41) is 3.58. The van der Waals surface area contributed by atoms with Crippen LogP contribution in [0.25, 0.3) is 0 Å². The molecular weight excluding hydrogens is 230 g/mol. The quantitative estimate of drug-likeness (QED) is 0.817. The van der Waals surface area contributed by atoms with E-state index in [2.05, 4.69) is 73.8 Å². The first-order chi connectivity index (χ1) is 9.24. The molecule has 1 nitrogen and oxygen atoms in total. The number of nitrogens with one attached hydrogen (secondary N) is 1. The van der Waals surface area contributed by atoms with Gasteiger partial charge in [0.2, 0.25) is 0 Å². The second-order valence-electron chi connectivity index (χ2n) is 5.30. The van der Waals surface area contributed by atoms with Crippen LogP contribution in [0.2, 0.25) is 0 Å². The molecule has 0 radical (unpaired) electrons. The molecule has 0 amide bonds. The van der Waals surface area contributed by atoms with Gasteiger partial charge in [0.25, 0.3) is 0 Å². The summed E-state index contributed by atoms with van der Waals surface area (Å²) in [6, 6.07) is 19.9. The molecule has 1 heteroatoms. The van der Waals surface area contributed by atoms with Crippen molar-refractivity contribution in [3.05, 3.63) is 71.3 Å². The molecular formula is C18H23N. The Kier molecular flexibility index (Phi) is 5.17. The Morgan fingerprint density at radius 2 is 1.68 bits per heavy atom. The van der Waals surface area contributed by atoms with Gasteiger partial charge < -0.3 is 5.32 Å². The molecule has 0 saturated carbocycles. The van der Waals surface area contributed by atoms with Crippen molar-refractivity contribution in [3.8, 4) is 0 Å². The van der Waals surface area contributed by atoms with E-state index in [0.717, 1.165) is 13.0 Å². The Labute approximate surface area is 116 Å². The van der Waals surface area contributed by atoms with E-state index < -0.39 is 0 Å². The maximum absolute atomic E-state index is 3.58. The summed E-state index contributed by atoms with van der Waals surface area (Å²) in [6.45, 7) is 5.37. The number of hydrogen-bond acceptors (Lipinski definition) is 1. The van der Waals surface area contributed by atoms with Crippen LogP contribution in [0.15, 0.2) is 54.6 Å². The van der Waals surface area contributed by atoms with E-state index in [1.54, 1.807) is 0 Å². The summed E-state index contributed by atoms with van der Waals surface area (Å²) in [6.07, 6.45) is 2.32. The first-order valence-corrected chi connectivity index (χ1v) is 7.07. The standard InChI is InChI=1S/C18H23N/c1-15-7-6-10-17(13-15)12-11-16(2)19-14-18-8-4-3-5-9-18/h3-10,13,16,19H,11-12,14H2,1-2H3. The second-order valence-corrected chi connectivity index (χ2v) is 5.30. The summed E-state index contributed by atoms with van der Waals surface area (Å²) in [4.78, 5) is 0. The van der Waals surface area contributed by atoms with Crippen LogP contribution >= 0.6 is 0 Å². The van der Waals surface area contributed by atoms with Gasteiger partial charge in [-0.15, -0.1) is 0 Å². The van der Waals surface area contributed by atoms with Crippen molar-refractivity contribution in [3.63, 3.8) is 0 Å². The van der Waals surface area contributed by atoms with Crippen LogP contribution in [-0.2, 0) is 13.0 Å². The predicted octanol–water partition coefficient (Wildman–Crippen LogP) is 4.11. The van der Waals surface area contributed by atoms with E-state index >= 15 is 0 Å². The molecule has 0 heterocycles. The molecule has 2 aromatic carbocycles. The van der Waals surface area contributed by atoms with E-state index in [-0.39, 0.29) is 0 Å². The van der Waals surface area contributed by atoms with E-state index in [1.807, 2.05) is 0 Å². The Balaban J connectivity index is 1.74. The lowest BCUT2D eigenvalue weighted by atomic mass is 10.0. The predicted molar refractivity (Wildman–Crippen MR) is 82.2 cm³/mol. The largest absolute Gasteiger partial charge is 0.310 e. The minimum atomic E-state index is 0.542. The molecule has 0 saturated heterocycles. The van der Waals surface area contributed by atoms with Crippen molar-refractivity contribution >= 4 is 0 Å². The lowest BCUT2D eigenvalue weighted by Gasteiger charge is -2.14. The van der Waals surface area contributed by atoms with Gasteiger partial charge in [-0.1, -0.05) is 60.2 Å². The Bertz CT molecular complexity index is 490. The van der Waals surface area contributed by atoms with Gasteiger partial charge in [-0.2, -0.15) is 0 Å². The van der Waals surface area contributed by atoms with Crippen molar-refractivity contribution in [1.29, 1.82) is 0 Å². The highest BCUT2D eigenvalue weighted by Gasteiger charge is 2.02. The zero-order chi connectivity index (χ0) is 13.5. The summed E-state index contributed by atoms with van der Waals surface area (Å²) in [5.74, 6) is 0. The number of rotatable bonds is 6. The van der Waals surface area contributed by atoms with Crippen LogP contribution in [-0.4, -0.2) is 6.04 Å². The monoisotopic (exact) mass is 253 g/mol. The van der Waals surface area contributed by atoms with E-state index in [0.29, 0.717) is 6.04 Å². The molecule has 0 aliphatic carbocycles. The molecule has 0 aromatic heterocycles. The lowest BCUT2D eigenvalue weighted by Crippen LogP contribution is -2.25. The van der Waals surface area contributed by atoms with Crippen molar-refractivity contribution in [1.82, 2.24) is 5.32 Å². The highest BCUT2D eigenvalue weighted by atomic mass is 14.9. The molecule has 0 aliphatic rings. The van der Waals surface area contributed by atoms with Crippen molar-refractivity contribution in [2.24, 2.45) is 0 Å². The molecule has 100 valence electrons. The fourth-order valence-corrected chi connectivity index (χ4v) is 2.24. The molecule has 1 N–H and O–H groups in total. The van der Waals surface area contributed by atoms with Crippen LogP contribution in [0.5, 0.6) is 0 Å². The van der Waals surface area contributed by atoms with E-state index in [9.17, 15) is 0 Å². The van der Waals surface area contributed by atoms with Gasteiger partial charge in [0.05, 0.1) is 0 Å². The van der Waals surface area contributed by atoms with Gasteiger partial charge in [0.1, 0.15) is 0 Å². The number of benzene rings is 2. The molecule has 0 bridgehead atoms. The van der Waals surface area contributed by atoms with Crippen molar-refractivity contribution in [2.45, 2.75) is 39.3 Å². The van der Waals surface area contributed by atoms with E-state index in [4.69, 9.17) is 0 Å². The second kappa shape index (κ2) is 7.10. The lowest BCUT2D eigenvalue weighted by molar-refractivity contribution is 0.514. The van der Waals surface area contributed by atoms with Crippen LogP contribution < -0.4 is 5.32 Å². The topological polar surface area (TPSA) is 12.0 Å². The fraction of sp³-hybridized carbons (Fsp3) is 0.333. The van der Waals surface area contributed by atoms with Gasteiger partial charge in [-0.3, -0.25) is 0 Å². The van der Waals surface area contributed by atoms with Gasteiger partial charge in [-0.25, -0.2) is 0 Å². The van der Waals surface area contributed by atoms with E-state index in [1.165, 1.54) is 23.1 Å². The average molecular weight is 253 g/mol. The number of hydrogen-bond donors (Lipinski definition) is 1. The maximum Gasteiger partial charge on any atom is 0.0207 e. The van der Waals surface area contributed by atoms with Gasteiger partial charge >= 0.3 is 0 Å². The third-order valence-electron chi connectivity index (χ3n) is 3.45. The maximum atomic E-state index is 3.58.